The molecule has 130 valence electrons. The van der Waals surface area contributed by atoms with Crippen LogP contribution >= 0.6 is 22.9 Å². The lowest BCUT2D eigenvalue weighted by atomic mass is 10.1. The van der Waals surface area contributed by atoms with Crippen LogP contribution < -0.4 is 4.90 Å². The molecule has 0 atom stereocenters. The first-order valence-electron chi connectivity index (χ1n) is 8.77. The minimum atomic E-state index is 0.811. The number of piperazine rings is 1. The van der Waals surface area contributed by atoms with Gasteiger partial charge in [0.15, 0.2) is 5.13 Å². The lowest BCUT2D eigenvalue weighted by Crippen LogP contribution is -2.46. The SMILES string of the molecule is Cc1ccc(Cl)c2sc(N3CCN(CCc4ccccc4)CC3)nc12. The van der Waals surface area contributed by atoms with Gasteiger partial charge in [0.1, 0.15) is 0 Å². The van der Waals surface area contributed by atoms with Crippen molar-refractivity contribution in [3.63, 3.8) is 0 Å². The highest BCUT2D eigenvalue weighted by Gasteiger charge is 2.20. The number of thiazole rings is 1. The van der Waals surface area contributed by atoms with Gasteiger partial charge in [-0.2, -0.15) is 0 Å². The van der Waals surface area contributed by atoms with Crippen molar-refractivity contribution in [2.45, 2.75) is 13.3 Å². The molecule has 5 heteroatoms. The van der Waals surface area contributed by atoms with E-state index in [0.717, 1.165) is 59.5 Å². The van der Waals surface area contributed by atoms with Crippen LogP contribution in [-0.4, -0.2) is 42.6 Å². The number of anilines is 1. The maximum Gasteiger partial charge on any atom is 0.186 e. The number of fused-ring (bicyclic) bond motifs is 1. The predicted octanol–water partition coefficient (Wildman–Crippen LogP) is 4.62. The molecule has 2 heterocycles. The largest absolute Gasteiger partial charge is 0.345 e. The molecule has 1 aromatic heterocycles. The molecule has 4 rings (SSSR count). The summed E-state index contributed by atoms with van der Waals surface area (Å²) in [5, 5.41) is 1.92. The first-order chi connectivity index (χ1) is 12.2. The van der Waals surface area contributed by atoms with E-state index < -0.39 is 0 Å². The maximum atomic E-state index is 6.35. The molecule has 0 N–H and O–H groups in total. The zero-order valence-corrected chi connectivity index (χ0v) is 16.0. The Kier molecular flexibility index (Phi) is 4.93. The average Bonchev–Trinajstić information content (AvgIpc) is 3.11. The summed E-state index contributed by atoms with van der Waals surface area (Å²) in [5.74, 6) is 0. The number of aryl methyl sites for hydroxylation is 1. The second kappa shape index (κ2) is 7.32. The zero-order valence-electron chi connectivity index (χ0n) is 14.4. The van der Waals surface area contributed by atoms with Crippen LogP contribution in [0.3, 0.4) is 0 Å². The molecule has 0 radical (unpaired) electrons. The molecular formula is C20H22ClN3S. The molecule has 25 heavy (non-hydrogen) atoms. The van der Waals surface area contributed by atoms with Gasteiger partial charge in [0.2, 0.25) is 0 Å². The Balaban J connectivity index is 1.39. The number of aromatic nitrogens is 1. The molecule has 2 aromatic carbocycles. The molecule has 3 nitrogen and oxygen atoms in total. The molecule has 0 spiro atoms. The van der Waals surface area contributed by atoms with Crippen LogP contribution in [0, 0.1) is 6.92 Å². The summed E-state index contributed by atoms with van der Waals surface area (Å²) in [6.45, 7) is 7.48. The van der Waals surface area contributed by atoms with Gasteiger partial charge in [-0.15, -0.1) is 0 Å². The van der Waals surface area contributed by atoms with Crippen LogP contribution in [0.2, 0.25) is 5.02 Å². The molecule has 1 fully saturated rings. The van der Waals surface area contributed by atoms with Crippen LogP contribution in [0.25, 0.3) is 10.2 Å². The maximum absolute atomic E-state index is 6.35. The van der Waals surface area contributed by atoms with Crippen LogP contribution in [0.15, 0.2) is 42.5 Å². The normalized spacial score (nSPS) is 15.8. The van der Waals surface area contributed by atoms with Gasteiger partial charge in [-0.05, 0) is 30.5 Å². The van der Waals surface area contributed by atoms with Crippen LogP contribution in [0.1, 0.15) is 11.1 Å². The van der Waals surface area contributed by atoms with Gasteiger partial charge in [0.05, 0.1) is 15.2 Å². The molecule has 1 aliphatic heterocycles. The highest BCUT2D eigenvalue weighted by Crippen LogP contribution is 2.35. The first kappa shape index (κ1) is 16.8. The van der Waals surface area contributed by atoms with Crippen LogP contribution in [0.5, 0.6) is 0 Å². The van der Waals surface area contributed by atoms with E-state index in [4.69, 9.17) is 16.6 Å². The monoisotopic (exact) mass is 371 g/mol. The summed E-state index contributed by atoms with van der Waals surface area (Å²) in [6.07, 6.45) is 1.12. The fourth-order valence-corrected chi connectivity index (χ4v) is 4.69. The molecule has 0 saturated carbocycles. The molecule has 1 aliphatic rings. The highest BCUT2D eigenvalue weighted by atomic mass is 35.5. The lowest BCUT2D eigenvalue weighted by molar-refractivity contribution is 0.261. The van der Waals surface area contributed by atoms with Crippen LogP contribution in [-0.2, 0) is 6.42 Å². The summed E-state index contributed by atoms with van der Waals surface area (Å²) >= 11 is 8.07. The van der Waals surface area contributed by atoms with Crippen molar-refractivity contribution >= 4 is 38.3 Å². The van der Waals surface area contributed by atoms with Crippen molar-refractivity contribution in [2.24, 2.45) is 0 Å². The van der Waals surface area contributed by atoms with Gasteiger partial charge in [0.25, 0.3) is 0 Å². The van der Waals surface area contributed by atoms with Crippen LogP contribution in [0.4, 0.5) is 5.13 Å². The van der Waals surface area contributed by atoms with Gasteiger partial charge >= 0.3 is 0 Å². The Labute approximate surface area is 157 Å². The smallest absolute Gasteiger partial charge is 0.186 e. The third kappa shape index (κ3) is 3.66. The van der Waals surface area contributed by atoms with E-state index in [1.54, 1.807) is 11.3 Å². The molecule has 0 bridgehead atoms. The zero-order chi connectivity index (χ0) is 17.2. The Bertz CT molecular complexity index is 815. The van der Waals surface area contributed by atoms with E-state index >= 15 is 0 Å². The van der Waals surface area contributed by atoms with Crippen molar-refractivity contribution in [1.29, 1.82) is 0 Å². The quantitative estimate of drug-likeness (QED) is 0.666. The summed E-state index contributed by atoms with van der Waals surface area (Å²) < 4.78 is 1.11. The average molecular weight is 372 g/mol. The standard InChI is InChI=1S/C20H22ClN3S/c1-15-7-8-17(21)19-18(15)22-20(25-19)24-13-11-23(12-14-24)10-9-16-5-3-2-4-6-16/h2-8H,9-14H2,1H3. The van der Waals surface area contributed by atoms with Gasteiger partial charge in [-0.3, -0.25) is 4.90 Å². The minimum Gasteiger partial charge on any atom is -0.345 e. The number of halogens is 1. The van der Waals surface area contributed by atoms with Gasteiger partial charge in [-0.25, -0.2) is 4.98 Å². The second-order valence-corrected chi connectivity index (χ2v) is 7.99. The molecule has 0 unspecified atom stereocenters. The Morgan fingerprint density at radius 3 is 2.52 bits per heavy atom. The van der Waals surface area contributed by atoms with Crippen molar-refractivity contribution in [3.05, 3.63) is 58.6 Å². The van der Waals surface area contributed by atoms with E-state index in [9.17, 15) is 0 Å². The molecule has 0 aliphatic carbocycles. The topological polar surface area (TPSA) is 19.4 Å². The summed E-state index contributed by atoms with van der Waals surface area (Å²) in [6, 6.07) is 14.8. The molecular weight excluding hydrogens is 350 g/mol. The summed E-state index contributed by atoms with van der Waals surface area (Å²) in [4.78, 5) is 9.81. The third-order valence-corrected chi connectivity index (χ3v) is 6.46. The minimum absolute atomic E-state index is 0.811. The van der Waals surface area contributed by atoms with Crippen molar-refractivity contribution < 1.29 is 0 Å². The first-order valence-corrected chi connectivity index (χ1v) is 9.97. The number of nitrogens with zero attached hydrogens (tertiary/aromatic N) is 3. The van der Waals surface area contributed by atoms with E-state index in [-0.39, 0.29) is 0 Å². The highest BCUT2D eigenvalue weighted by molar-refractivity contribution is 7.22. The Hall–Kier alpha value is -1.62. The fourth-order valence-electron chi connectivity index (χ4n) is 3.32. The number of hydrogen-bond acceptors (Lipinski definition) is 4. The molecule has 1 saturated heterocycles. The van der Waals surface area contributed by atoms with Crippen molar-refractivity contribution in [2.75, 3.05) is 37.6 Å². The van der Waals surface area contributed by atoms with E-state index in [1.165, 1.54) is 11.1 Å². The van der Waals surface area contributed by atoms with Crippen molar-refractivity contribution in [3.8, 4) is 0 Å². The van der Waals surface area contributed by atoms with E-state index in [2.05, 4.69) is 53.1 Å². The third-order valence-electron chi connectivity index (χ3n) is 4.89. The van der Waals surface area contributed by atoms with Gasteiger partial charge in [-0.1, -0.05) is 59.3 Å². The predicted molar refractivity (Wildman–Crippen MR) is 108 cm³/mol. The van der Waals surface area contributed by atoms with E-state index in [1.807, 2.05) is 6.07 Å². The van der Waals surface area contributed by atoms with Crippen molar-refractivity contribution in [1.82, 2.24) is 9.88 Å². The fraction of sp³-hybridized carbons (Fsp3) is 0.350. The summed E-state index contributed by atoms with van der Waals surface area (Å²) in [7, 11) is 0. The van der Waals surface area contributed by atoms with Gasteiger partial charge < -0.3 is 4.90 Å². The Morgan fingerprint density at radius 1 is 1.04 bits per heavy atom. The molecule has 3 aromatic rings. The second-order valence-electron chi connectivity index (χ2n) is 6.60. The number of rotatable bonds is 4. The van der Waals surface area contributed by atoms with E-state index in [0.29, 0.717) is 0 Å². The number of benzene rings is 2. The molecule has 0 amide bonds. The Morgan fingerprint density at radius 2 is 1.80 bits per heavy atom. The lowest BCUT2D eigenvalue weighted by Gasteiger charge is -2.34. The number of hydrogen-bond donors (Lipinski definition) is 0. The van der Waals surface area contributed by atoms with Gasteiger partial charge in [0, 0.05) is 32.7 Å². The summed E-state index contributed by atoms with van der Waals surface area (Å²) in [5.41, 5.74) is 3.67.